The standard InChI is InChI=1S/C15H15N3S/c1-12(17-14-7-8-19-11-14)13-9-16-18(10-13)15-5-3-2-4-6-15/h2-12,17H,1H3. The van der Waals surface area contributed by atoms with Crippen molar-refractivity contribution in [1.29, 1.82) is 0 Å². The Balaban J connectivity index is 1.78. The highest BCUT2D eigenvalue weighted by Crippen LogP contribution is 2.21. The molecule has 0 radical (unpaired) electrons. The van der Waals surface area contributed by atoms with Crippen molar-refractivity contribution in [3.05, 3.63) is 65.1 Å². The lowest BCUT2D eigenvalue weighted by Gasteiger charge is -2.11. The molecule has 0 aliphatic carbocycles. The number of aromatic nitrogens is 2. The summed E-state index contributed by atoms with van der Waals surface area (Å²) in [5.74, 6) is 0. The van der Waals surface area contributed by atoms with E-state index in [1.165, 1.54) is 5.56 Å². The van der Waals surface area contributed by atoms with Crippen LogP contribution in [0.5, 0.6) is 0 Å². The molecule has 2 aromatic heterocycles. The van der Waals surface area contributed by atoms with Crippen LogP contribution in [0.4, 0.5) is 5.69 Å². The highest BCUT2D eigenvalue weighted by atomic mass is 32.1. The Hall–Kier alpha value is -2.07. The van der Waals surface area contributed by atoms with Gasteiger partial charge in [0.25, 0.3) is 0 Å². The fourth-order valence-corrected chi connectivity index (χ4v) is 2.56. The average Bonchev–Trinajstić information content (AvgIpc) is 3.10. The second-order valence-corrected chi connectivity index (χ2v) is 5.21. The summed E-state index contributed by atoms with van der Waals surface area (Å²) in [6.45, 7) is 2.14. The predicted octanol–water partition coefficient (Wildman–Crippen LogP) is 4.11. The van der Waals surface area contributed by atoms with Gasteiger partial charge in [-0.25, -0.2) is 4.68 Å². The molecule has 0 spiro atoms. The van der Waals surface area contributed by atoms with Crippen LogP contribution < -0.4 is 5.32 Å². The lowest BCUT2D eigenvalue weighted by Crippen LogP contribution is -2.04. The molecule has 1 N–H and O–H groups in total. The topological polar surface area (TPSA) is 29.9 Å². The van der Waals surface area contributed by atoms with Crippen LogP contribution in [0.15, 0.2) is 59.6 Å². The summed E-state index contributed by atoms with van der Waals surface area (Å²) < 4.78 is 1.90. The van der Waals surface area contributed by atoms with Crippen LogP contribution in [-0.2, 0) is 0 Å². The van der Waals surface area contributed by atoms with Crippen LogP contribution in [0.25, 0.3) is 5.69 Å². The van der Waals surface area contributed by atoms with Gasteiger partial charge in [-0.2, -0.15) is 16.4 Å². The third-order valence-electron chi connectivity index (χ3n) is 3.03. The van der Waals surface area contributed by atoms with Crippen molar-refractivity contribution in [3.63, 3.8) is 0 Å². The first-order valence-electron chi connectivity index (χ1n) is 6.21. The maximum absolute atomic E-state index is 4.42. The smallest absolute Gasteiger partial charge is 0.0645 e. The minimum atomic E-state index is 0.243. The van der Waals surface area contributed by atoms with Crippen LogP contribution >= 0.6 is 11.3 Å². The van der Waals surface area contributed by atoms with Gasteiger partial charge < -0.3 is 5.32 Å². The number of anilines is 1. The van der Waals surface area contributed by atoms with Crippen molar-refractivity contribution in [1.82, 2.24) is 9.78 Å². The Morgan fingerprint density at radius 1 is 1.21 bits per heavy atom. The summed E-state index contributed by atoms with van der Waals surface area (Å²) in [4.78, 5) is 0. The Labute approximate surface area is 116 Å². The fourth-order valence-electron chi connectivity index (χ4n) is 1.96. The third-order valence-corrected chi connectivity index (χ3v) is 3.71. The van der Waals surface area contributed by atoms with Gasteiger partial charge in [0.2, 0.25) is 0 Å². The molecule has 3 nitrogen and oxygen atoms in total. The van der Waals surface area contributed by atoms with Crippen molar-refractivity contribution in [2.75, 3.05) is 5.32 Å². The molecular weight excluding hydrogens is 254 g/mol. The molecule has 0 fully saturated rings. The molecule has 4 heteroatoms. The zero-order valence-electron chi connectivity index (χ0n) is 10.7. The monoisotopic (exact) mass is 269 g/mol. The largest absolute Gasteiger partial charge is 0.378 e. The number of nitrogens with one attached hydrogen (secondary N) is 1. The summed E-state index contributed by atoms with van der Waals surface area (Å²) in [5, 5.41) is 12.1. The van der Waals surface area contributed by atoms with Gasteiger partial charge in [0.15, 0.2) is 0 Å². The van der Waals surface area contributed by atoms with Gasteiger partial charge in [-0.05, 0) is 30.5 Å². The van der Waals surface area contributed by atoms with E-state index in [4.69, 9.17) is 0 Å². The number of para-hydroxylation sites is 1. The van der Waals surface area contributed by atoms with E-state index in [2.05, 4.69) is 40.4 Å². The number of nitrogens with zero attached hydrogens (tertiary/aromatic N) is 2. The first-order chi connectivity index (χ1) is 9.33. The Morgan fingerprint density at radius 2 is 2.05 bits per heavy atom. The molecule has 0 aliphatic rings. The average molecular weight is 269 g/mol. The number of thiophene rings is 1. The zero-order valence-corrected chi connectivity index (χ0v) is 11.5. The lowest BCUT2D eigenvalue weighted by atomic mass is 10.2. The molecule has 0 amide bonds. The van der Waals surface area contributed by atoms with Crippen LogP contribution in [0.3, 0.4) is 0 Å². The quantitative estimate of drug-likeness (QED) is 0.772. The van der Waals surface area contributed by atoms with Gasteiger partial charge in [0.1, 0.15) is 0 Å². The molecule has 19 heavy (non-hydrogen) atoms. The van der Waals surface area contributed by atoms with Crippen LogP contribution in [0.1, 0.15) is 18.5 Å². The van der Waals surface area contributed by atoms with E-state index in [-0.39, 0.29) is 6.04 Å². The van der Waals surface area contributed by atoms with Crippen LogP contribution in [-0.4, -0.2) is 9.78 Å². The van der Waals surface area contributed by atoms with Crippen molar-refractivity contribution >= 4 is 17.0 Å². The molecule has 1 aromatic carbocycles. The van der Waals surface area contributed by atoms with Gasteiger partial charge in [0, 0.05) is 22.8 Å². The van der Waals surface area contributed by atoms with Crippen LogP contribution in [0, 0.1) is 0 Å². The van der Waals surface area contributed by atoms with E-state index in [1.807, 2.05) is 41.2 Å². The first-order valence-corrected chi connectivity index (χ1v) is 7.16. The highest BCUT2D eigenvalue weighted by molar-refractivity contribution is 7.08. The van der Waals surface area contributed by atoms with Crippen molar-refractivity contribution in [3.8, 4) is 5.69 Å². The number of benzene rings is 1. The third kappa shape index (κ3) is 2.69. The molecule has 1 unspecified atom stereocenters. The van der Waals surface area contributed by atoms with Crippen LogP contribution in [0.2, 0.25) is 0 Å². The summed E-state index contributed by atoms with van der Waals surface area (Å²) in [6, 6.07) is 12.5. The van der Waals surface area contributed by atoms with Gasteiger partial charge in [-0.15, -0.1) is 0 Å². The van der Waals surface area contributed by atoms with Gasteiger partial charge in [0.05, 0.1) is 17.9 Å². The molecule has 0 bridgehead atoms. The molecule has 0 saturated carbocycles. The molecule has 1 atom stereocenters. The minimum Gasteiger partial charge on any atom is -0.378 e. The van der Waals surface area contributed by atoms with Crippen molar-refractivity contribution in [2.24, 2.45) is 0 Å². The summed E-state index contributed by atoms with van der Waals surface area (Å²) in [5.41, 5.74) is 3.41. The van der Waals surface area contributed by atoms with E-state index in [0.717, 1.165) is 11.4 Å². The second-order valence-electron chi connectivity index (χ2n) is 4.43. The molecule has 3 rings (SSSR count). The van der Waals surface area contributed by atoms with Crippen molar-refractivity contribution < 1.29 is 0 Å². The maximum Gasteiger partial charge on any atom is 0.0645 e. The van der Waals surface area contributed by atoms with Crippen molar-refractivity contribution in [2.45, 2.75) is 13.0 Å². The SMILES string of the molecule is CC(Nc1ccsc1)c1cnn(-c2ccccc2)c1. The van der Waals surface area contributed by atoms with E-state index >= 15 is 0 Å². The second kappa shape index (κ2) is 5.28. The number of hydrogen-bond donors (Lipinski definition) is 1. The maximum atomic E-state index is 4.42. The molecule has 2 heterocycles. The molecular formula is C15H15N3S. The number of hydrogen-bond acceptors (Lipinski definition) is 3. The van der Waals surface area contributed by atoms with Gasteiger partial charge in [-0.3, -0.25) is 0 Å². The van der Waals surface area contributed by atoms with E-state index in [1.54, 1.807) is 11.3 Å². The molecule has 0 saturated heterocycles. The van der Waals surface area contributed by atoms with E-state index in [0.29, 0.717) is 0 Å². The zero-order chi connectivity index (χ0) is 13.1. The van der Waals surface area contributed by atoms with Gasteiger partial charge in [-0.1, -0.05) is 18.2 Å². The Morgan fingerprint density at radius 3 is 2.79 bits per heavy atom. The molecule has 3 aromatic rings. The number of rotatable bonds is 4. The predicted molar refractivity (Wildman–Crippen MR) is 79.9 cm³/mol. The molecule has 0 aliphatic heterocycles. The fraction of sp³-hybridized carbons (Fsp3) is 0.133. The summed E-state index contributed by atoms with van der Waals surface area (Å²) in [6.07, 6.45) is 3.98. The normalized spacial score (nSPS) is 12.3. The first kappa shape index (κ1) is 12.0. The van der Waals surface area contributed by atoms with Gasteiger partial charge >= 0.3 is 0 Å². The van der Waals surface area contributed by atoms with E-state index < -0.39 is 0 Å². The van der Waals surface area contributed by atoms with E-state index in [9.17, 15) is 0 Å². The lowest BCUT2D eigenvalue weighted by molar-refractivity contribution is 0.869. The highest BCUT2D eigenvalue weighted by Gasteiger charge is 2.08. The molecule has 96 valence electrons. The minimum absolute atomic E-state index is 0.243. The Kier molecular flexibility index (Phi) is 3.33. The Bertz CT molecular complexity index is 628. The summed E-state index contributed by atoms with van der Waals surface area (Å²) in [7, 11) is 0. The summed E-state index contributed by atoms with van der Waals surface area (Å²) >= 11 is 1.70.